The first-order valence-electron chi connectivity index (χ1n) is 9.78. The molecule has 0 aliphatic carbocycles. The molecule has 1 amide bonds. The van der Waals surface area contributed by atoms with Gasteiger partial charge in [-0.05, 0) is 58.0 Å². The van der Waals surface area contributed by atoms with E-state index in [2.05, 4.69) is 22.3 Å². The zero-order valence-corrected chi connectivity index (χ0v) is 17.1. The summed E-state index contributed by atoms with van der Waals surface area (Å²) in [7, 11) is 1.57. The van der Waals surface area contributed by atoms with Gasteiger partial charge in [-0.1, -0.05) is 12.1 Å². The van der Waals surface area contributed by atoms with Gasteiger partial charge in [0.05, 0.1) is 18.4 Å². The van der Waals surface area contributed by atoms with Gasteiger partial charge in [-0.15, -0.1) is 0 Å². The minimum atomic E-state index is -0.0986. The Morgan fingerprint density at radius 1 is 1.36 bits per heavy atom. The second-order valence-corrected chi connectivity index (χ2v) is 7.09. The Balaban J connectivity index is 1.62. The lowest BCUT2D eigenvalue weighted by Gasteiger charge is -2.23. The Morgan fingerprint density at radius 3 is 2.86 bits per heavy atom. The monoisotopic (exact) mass is 387 g/mol. The molecule has 0 radical (unpaired) electrons. The van der Waals surface area contributed by atoms with Gasteiger partial charge < -0.3 is 19.3 Å². The van der Waals surface area contributed by atoms with Crippen LogP contribution >= 0.6 is 0 Å². The molecule has 2 heterocycles. The summed E-state index contributed by atoms with van der Waals surface area (Å²) in [6.45, 7) is 9.02. The average Bonchev–Trinajstić information content (AvgIpc) is 3.30. The predicted octanol–water partition coefficient (Wildman–Crippen LogP) is 3.09. The van der Waals surface area contributed by atoms with Crippen molar-refractivity contribution in [3.8, 4) is 11.5 Å². The Kier molecular flexibility index (Phi) is 6.57. The number of hydrogen-bond acceptors (Lipinski definition) is 6. The highest BCUT2D eigenvalue weighted by Gasteiger charge is 2.23. The number of nitrogens with one attached hydrogen (secondary N) is 1. The van der Waals surface area contributed by atoms with Gasteiger partial charge in [-0.25, -0.2) is 0 Å². The third kappa shape index (κ3) is 4.47. The van der Waals surface area contributed by atoms with Crippen LogP contribution in [0.2, 0.25) is 0 Å². The van der Waals surface area contributed by atoms with Crippen molar-refractivity contribution < 1.29 is 18.8 Å². The van der Waals surface area contributed by atoms with E-state index in [-0.39, 0.29) is 5.91 Å². The molecule has 1 aliphatic rings. The zero-order chi connectivity index (χ0) is 20.1. The van der Waals surface area contributed by atoms with Gasteiger partial charge in [0.15, 0.2) is 11.5 Å². The molecule has 1 aromatic carbocycles. The van der Waals surface area contributed by atoms with Gasteiger partial charge >= 0.3 is 0 Å². The fourth-order valence-corrected chi connectivity index (χ4v) is 3.64. The number of carbonyl (C=O) groups excluding carboxylic acids is 1. The Morgan fingerprint density at radius 2 is 2.18 bits per heavy atom. The third-order valence-electron chi connectivity index (χ3n) is 5.38. The summed E-state index contributed by atoms with van der Waals surface area (Å²) in [5.41, 5.74) is 2.28. The largest absolute Gasteiger partial charge is 0.493 e. The van der Waals surface area contributed by atoms with E-state index in [1.165, 1.54) is 6.42 Å². The van der Waals surface area contributed by atoms with Crippen molar-refractivity contribution in [2.24, 2.45) is 0 Å². The molecule has 1 saturated heterocycles. The molecule has 1 fully saturated rings. The van der Waals surface area contributed by atoms with E-state index >= 15 is 0 Å². The van der Waals surface area contributed by atoms with Crippen LogP contribution in [0.25, 0.3) is 0 Å². The highest BCUT2D eigenvalue weighted by atomic mass is 16.5. The molecular formula is C21H29N3O4. The van der Waals surface area contributed by atoms with Crippen LogP contribution in [0.15, 0.2) is 22.7 Å². The minimum Gasteiger partial charge on any atom is -0.493 e. The van der Waals surface area contributed by atoms with E-state index in [4.69, 9.17) is 14.0 Å². The summed E-state index contributed by atoms with van der Waals surface area (Å²) in [4.78, 5) is 15.0. The number of likely N-dealkylation sites (tertiary alicyclic amines) is 1. The van der Waals surface area contributed by atoms with Crippen molar-refractivity contribution in [3.05, 3.63) is 40.8 Å². The molecule has 0 bridgehead atoms. The zero-order valence-electron chi connectivity index (χ0n) is 17.1. The fourth-order valence-electron chi connectivity index (χ4n) is 3.64. The minimum absolute atomic E-state index is 0.0986. The Hall–Kier alpha value is -2.54. The van der Waals surface area contributed by atoms with Gasteiger partial charge in [-0.3, -0.25) is 9.69 Å². The van der Waals surface area contributed by atoms with E-state index in [9.17, 15) is 4.79 Å². The van der Waals surface area contributed by atoms with Crippen LogP contribution in [0.5, 0.6) is 11.5 Å². The first-order chi connectivity index (χ1) is 13.5. The molecule has 7 nitrogen and oxygen atoms in total. The molecule has 1 aliphatic heterocycles. The standard InChI is InChI=1S/C21H29N3O4/c1-5-24-10-6-7-17(24)12-22-21(25)16-8-9-19(20(11-16)26-4)27-13-18-14(2)23-28-15(18)3/h8-9,11,17H,5-7,10,12-13H2,1-4H3,(H,22,25). The maximum atomic E-state index is 12.6. The first-order valence-corrected chi connectivity index (χ1v) is 9.78. The van der Waals surface area contributed by atoms with Crippen molar-refractivity contribution in [2.45, 2.75) is 46.3 Å². The van der Waals surface area contributed by atoms with Crippen molar-refractivity contribution in [1.82, 2.24) is 15.4 Å². The first kappa shape index (κ1) is 20.2. The van der Waals surface area contributed by atoms with Crippen molar-refractivity contribution >= 4 is 5.91 Å². The smallest absolute Gasteiger partial charge is 0.251 e. The lowest BCUT2D eigenvalue weighted by molar-refractivity contribution is 0.0941. The number of ether oxygens (including phenoxy) is 2. The second-order valence-electron chi connectivity index (χ2n) is 7.09. The average molecular weight is 387 g/mol. The number of aryl methyl sites for hydroxylation is 2. The van der Waals surface area contributed by atoms with Crippen LogP contribution in [0.1, 0.15) is 47.1 Å². The molecule has 1 atom stereocenters. The SMILES string of the molecule is CCN1CCCC1CNC(=O)c1ccc(OCc2c(C)noc2C)c(OC)c1. The lowest BCUT2D eigenvalue weighted by Crippen LogP contribution is -2.40. The normalized spacial score (nSPS) is 16.9. The maximum Gasteiger partial charge on any atom is 0.251 e. The molecule has 152 valence electrons. The highest BCUT2D eigenvalue weighted by molar-refractivity contribution is 5.94. The van der Waals surface area contributed by atoms with Gasteiger partial charge in [-0.2, -0.15) is 0 Å². The number of benzene rings is 1. The van der Waals surface area contributed by atoms with E-state index in [1.807, 2.05) is 13.8 Å². The van der Waals surface area contributed by atoms with Crippen LogP contribution in [-0.4, -0.2) is 48.7 Å². The molecule has 7 heteroatoms. The summed E-state index contributed by atoms with van der Waals surface area (Å²) in [6.07, 6.45) is 2.32. The Bertz CT molecular complexity index is 798. The van der Waals surface area contributed by atoms with Crippen molar-refractivity contribution in [3.63, 3.8) is 0 Å². The molecule has 1 unspecified atom stereocenters. The molecular weight excluding hydrogens is 358 g/mol. The summed E-state index contributed by atoms with van der Waals surface area (Å²) in [5, 5.41) is 6.98. The summed E-state index contributed by atoms with van der Waals surface area (Å²) >= 11 is 0. The van der Waals surface area contributed by atoms with Crippen LogP contribution in [0.4, 0.5) is 0 Å². The molecule has 2 aromatic rings. The van der Waals surface area contributed by atoms with Gasteiger partial charge in [0.2, 0.25) is 0 Å². The maximum absolute atomic E-state index is 12.6. The van der Waals surface area contributed by atoms with Gasteiger partial charge in [0, 0.05) is 18.2 Å². The molecule has 0 spiro atoms. The van der Waals surface area contributed by atoms with Crippen LogP contribution in [-0.2, 0) is 6.61 Å². The lowest BCUT2D eigenvalue weighted by atomic mass is 10.1. The van der Waals surface area contributed by atoms with Crippen molar-refractivity contribution in [2.75, 3.05) is 26.7 Å². The number of methoxy groups -OCH3 is 1. The van der Waals surface area contributed by atoms with Crippen molar-refractivity contribution in [1.29, 1.82) is 0 Å². The molecule has 1 aromatic heterocycles. The number of rotatable bonds is 8. The number of amides is 1. The van der Waals surface area contributed by atoms with Crippen LogP contribution in [0, 0.1) is 13.8 Å². The number of aromatic nitrogens is 1. The number of nitrogens with zero attached hydrogens (tertiary/aromatic N) is 2. The summed E-state index contributed by atoms with van der Waals surface area (Å²) in [5.74, 6) is 1.74. The number of carbonyl (C=O) groups is 1. The number of hydrogen-bond donors (Lipinski definition) is 1. The van der Waals surface area contributed by atoms with Crippen LogP contribution in [0.3, 0.4) is 0 Å². The van der Waals surface area contributed by atoms with E-state index in [1.54, 1.807) is 25.3 Å². The third-order valence-corrected chi connectivity index (χ3v) is 5.38. The molecule has 0 saturated carbocycles. The van der Waals surface area contributed by atoms with E-state index in [0.717, 1.165) is 36.5 Å². The van der Waals surface area contributed by atoms with Crippen LogP contribution < -0.4 is 14.8 Å². The highest BCUT2D eigenvalue weighted by Crippen LogP contribution is 2.29. The second kappa shape index (κ2) is 9.10. The van der Waals surface area contributed by atoms with Gasteiger partial charge in [0.1, 0.15) is 12.4 Å². The topological polar surface area (TPSA) is 76.8 Å². The van der Waals surface area contributed by atoms with E-state index in [0.29, 0.717) is 36.3 Å². The fraction of sp³-hybridized carbons (Fsp3) is 0.524. The molecule has 3 rings (SSSR count). The summed E-state index contributed by atoms with van der Waals surface area (Å²) < 4.78 is 16.5. The molecule has 28 heavy (non-hydrogen) atoms. The summed E-state index contributed by atoms with van der Waals surface area (Å²) in [6, 6.07) is 5.66. The number of likely N-dealkylation sites (N-methyl/N-ethyl adjacent to an activating group) is 1. The quantitative estimate of drug-likeness (QED) is 0.750. The predicted molar refractivity (Wildman–Crippen MR) is 106 cm³/mol. The Labute approximate surface area is 166 Å². The van der Waals surface area contributed by atoms with Gasteiger partial charge in [0.25, 0.3) is 5.91 Å². The molecule has 1 N–H and O–H groups in total. The van der Waals surface area contributed by atoms with E-state index < -0.39 is 0 Å².